The molecule has 0 saturated heterocycles. The van der Waals surface area contributed by atoms with E-state index >= 15 is 0 Å². The number of rotatable bonds is 2. The van der Waals surface area contributed by atoms with Crippen LogP contribution in [0.4, 0.5) is 4.39 Å². The molecule has 0 bridgehead atoms. The fourth-order valence-corrected chi connectivity index (χ4v) is 1.46. The maximum absolute atomic E-state index is 12.9. The lowest BCUT2D eigenvalue weighted by Crippen LogP contribution is -2.03. The number of carbonyl (C=O) groups is 1. The Morgan fingerprint density at radius 2 is 2.06 bits per heavy atom. The van der Waals surface area contributed by atoms with Crippen LogP contribution >= 0.6 is 11.6 Å². The van der Waals surface area contributed by atoms with Gasteiger partial charge in [-0.3, -0.25) is 14.8 Å². The van der Waals surface area contributed by atoms with Gasteiger partial charge >= 0.3 is 0 Å². The molecule has 0 N–H and O–H groups in total. The van der Waals surface area contributed by atoms with Crippen LogP contribution in [0.25, 0.3) is 0 Å². The normalized spacial score (nSPS) is 10.1. The number of hydrogen-bond acceptors (Lipinski definition) is 3. The van der Waals surface area contributed by atoms with Crippen LogP contribution < -0.4 is 0 Å². The van der Waals surface area contributed by atoms with Crippen molar-refractivity contribution in [3.63, 3.8) is 0 Å². The van der Waals surface area contributed by atoms with Gasteiger partial charge in [-0.05, 0) is 12.1 Å². The molecule has 2 rings (SSSR count). The first-order chi connectivity index (χ1) is 7.68. The number of pyridine rings is 2. The maximum Gasteiger partial charge on any atom is 0.196 e. The first kappa shape index (κ1) is 10.7. The predicted octanol–water partition coefficient (Wildman–Crippen LogP) is 2.50. The third-order valence-corrected chi connectivity index (χ3v) is 2.29. The van der Waals surface area contributed by atoms with Gasteiger partial charge in [0.05, 0.1) is 11.2 Å². The van der Waals surface area contributed by atoms with Gasteiger partial charge in [-0.2, -0.15) is 0 Å². The SMILES string of the molecule is O=C(c1cncc(F)c1)c1ccncc1Cl. The van der Waals surface area contributed by atoms with Gasteiger partial charge in [0.25, 0.3) is 0 Å². The Morgan fingerprint density at radius 3 is 2.75 bits per heavy atom. The Hall–Kier alpha value is -1.81. The molecule has 2 aromatic rings. The van der Waals surface area contributed by atoms with E-state index in [1.807, 2.05) is 0 Å². The lowest BCUT2D eigenvalue weighted by Gasteiger charge is -2.02. The molecule has 0 aliphatic heterocycles. The van der Waals surface area contributed by atoms with E-state index in [1.165, 1.54) is 24.7 Å². The number of aromatic nitrogens is 2. The second kappa shape index (κ2) is 4.37. The molecular weight excluding hydrogens is 231 g/mol. The number of halogens is 2. The summed E-state index contributed by atoms with van der Waals surface area (Å²) >= 11 is 5.81. The highest BCUT2D eigenvalue weighted by Crippen LogP contribution is 2.17. The summed E-state index contributed by atoms with van der Waals surface area (Å²) < 4.78 is 12.9. The van der Waals surface area contributed by atoms with Crippen molar-refractivity contribution in [2.75, 3.05) is 0 Å². The van der Waals surface area contributed by atoms with Gasteiger partial charge in [0.1, 0.15) is 5.82 Å². The van der Waals surface area contributed by atoms with Crippen LogP contribution in [0.3, 0.4) is 0 Å². The molecule has 16 heavy (non-hydrogen) atoms. The number of ketones is 1. The monoisotopic (exact) mass is 236 g/mol. The van der Waals surface area contributed by atoms with Gasteiger partial charge in [-0.25, -0.2) is 4.39 Å². The van der Waals surface area contributed by atoms with Crippen LogP contribution in [0.1, 0.15) is 15.9 Å². The maximum atomic E-state index is 12.9. The van der Waals surface area contributed by atoms with Crippen molar-refractivity contribution in [2.24, 2.45) is 0 Å². The zero-order chi connectivity index (χ0) is 11.5. The van der Waals surface area contributed by atoms with E-state index < -0.39 is 5.82 Å². The highest BCUT2D eigenvalue weighted by atomic mass is 35.5. The highest BCUT2D eigenvalue weighted by Gasteiger charge is 2.13. The summed E-state index contributed by atoms with van der Waals surface area (Å²) in [5.41, 5.74) is 0.442. The van der Waals surface area contributed by atoms with Crippen LogP contribution in [0.5, 0.6) is 0 Å². The van der Waals surface area contributed by atoms with E-state index in [9.17, 15) is 9.18 Å². The fraction of sp³-hybridized carbons (Fsp3) is 0. The molecule has 5 heteroatoms. The summed E-state index contributed by atoms with van der Waals surface area (Å²) in [5.74, 6) is -0.935. The third-order valence-electron chi connectivity index (χ3n) is 1.98. The van der Waals surface area contributed by atoms with Gasteiger partial charge in [0.2, 0.25) is 0 Å². The topological polar surface area (TPSA) is 42.9 Å². The summed E-state index contributed by atoms with van der Waals surface area (Å²) in [5, 5.41) is 0.233. The Labute approximate surface area is 95.9 Å². The first-order valence-corrected chi connectivity index (χ1v) is 4.81. The van der Waals surface area contributed by atoms with Crippen molar-refractivity contribution in [3.05, 3.63) is 58.9 Å². The zero-order valence-electron chi connectivity index (χ0n) is 8.02. The van der Waals surface area contributed by atoms with Gasteiger partial charge in [0.15, 0.2) is 5.78 Å². The summed E-state index contributed by atoms with van der Waals surface area (Å²) in [6, 6.07) is 2.60. The van der Waals surface area contributed by atoms with Gasteiger partial charge in [-0.1, -0.05) is 11.6 Å². The second-order valence-corrected chi connectivity index (χ2v) is 3.48. The van der Waals surface area contributed by atoms with Crippen LogP contribution in [-0.2, 0) is 0 Å². The molecule has 2 heterocycles. The minimum absolute atomic E-state index is 0.160. The molecule has 0 aliphatic carbocycles. The van der Waals surface area contributed by atoms with E-state index in [0.29, 0.717) is 0 Å². The van der Waals surface area contributed by atoms with Crippen molar-refractivity contribution in [2.45, 2.75) is 0 Å². The molecule has 0 spiro atoms. The standard InChI is InChI=1S/C11H6ClFN2O/c12-10-6-14-2-1-9(10)11(16)7-3-8(13)5-15-4-7/h1-6H. The first-order valence-electron chi connectivity index (χ1n) is 4.43. The second-order valence-electron chi connectivity index (χ2n) is 3.08. The quantitative estimate of drug-likeness (QED) is 0.753. The Balaban J connectivity index is 2.44. The van der Waals surface area contributed by atoms with E-state index in [2.05, 4.69) is 9.97 Å². The van der Waals surface area contributed by atoms with Crippen LogP contribution in [0, 0.1) is 5.82 Å². The highest BCUT2D eigenvalue weighted by molar-refractivity contribution is 6.34. The molecule has 0 aromatic carbocycles. The lowest BCUT2D eigenvalue weighted by atomic mass is 10.1. The van der Waals surface area contributed by atoms with Crippen LogP contribution in [0.2, 0.25) is 5.02 Å². The van der Waals surface area contributed by atoms with E-state index in [4.69, 9.17) is 11.6 Å². The van der Waals surface area contributed by atoms with Crippen molar-refractivity contribution in [1.82, 2.24) is 9.97 Å². The molecule has 0 amide bonds. The molecule has 0 saturated carbocycles. The zero-order valence-corrected chi connectivity index (χ0v) is 8.78. The fourth-order valence-electron chi connectivity index (χ4n) is 1.25. The number of nitrogens with zero attached hydrogens (tertiary/aromatic N) is 2. The summed E-state index contributed by atoms with van der Waals surface area (Å²) in [7, 11) is 0. The molecular formula is C11H6ClFN2O. The minimum Gasteiger partial charge on any atom is -0.288 e. The molecule has 80 valence electrons. The number of carbonyl (C=O) groups excluding carboxylic acids is 1. The van der Waals surface area contributed by atoms with Crippen molar-refractivity contribution in [3.8, 4) is 0 Å². The van der Waals surface area contributed by atoms with Crippen molar-refractivity contribution >= 4 is 17.4 Å². The molecule has 0 aliphatic rings. The predicted molar refractivity (Wildman–Crippen MR) is 56.9 cm³/mol. The molecule has 3 nitrogen and oxygen atoms in total. The summed E-state index contributed by atoms with van der Waals surface area (Å²) in [6.07, 6.45) is 5.14. The third kappa shape index (κ3) is 2.06. The van der Waals surface area contributed by atoms with E-state index in [-0.39, 0.29) is 21.9 Å². The Bertz CT molecular complexity index is 545. The van der Waals surface area contributed by atoms with E-state index in [0.717, 1.165) is 12.3 Å². The summed E-state index contributed by atoms with van der Waals surface area (Å²) in [4.78, 5) is 19.3. The summed E-state index contributed by atoms with van der Waals surface area (Å²) in [6.45, 7) is 0. The Morgan fingerprint density at radius 1 is 1.25 bits per heavy atom. The average Bonchev–Trinajstić information content (AvgIpc) is 2.29. The van der Waals surface area contributed by atoms with Gasteiger partial charge in [0, 0.05) is 29.7 Å². The van der Waals surface area contributed by atoms with E-state index in [1.54, 1.807) is 0 Å². The van der Waals surface area contributed by atoms with Gasteiger partial charge in [-0.15, -0.1) is 0 Å². The largest absolute Gasteiger partial charge is 0.288 e. The van der Waals surface area contributed by atoms with Crippen molar-refractivity contribution in [1.29, 1.82) is 0 Å². The van der Waals surface area contributed by atoms with Crippen molar-refractivity contribution < 1.29 is 9.18 Å². The van der Waals surface area contributed by atoms with Crippen LogP contribution in [0.15, 0.2) is 36.9 Å². The number of hydrogen-bond donors (Lipinski definition) is 0. The molecule has 0 unspecified atom stereocenters. The van der Waals surface area contributed by atoms with Crippen LogP contribution in [-0.4, -0.2) is 15.8 Å². The molecule has 0 radical (unpaired) electrons. The average molecular weight is 237 g/mol. The lowest BCUT2D eigenvalue weighted by molar-refractivity contribution is 0.103. The van der Waals surface area contributed by atoms with Gasteiger partial charge < -0.3 is 0 Å². The molecule has 0 atom stereocenters. The minimum atomic E-state index is -0.559. The molecule has 0 fully saturated rings. The smallest absolute Gasteiger partial charge is 0.196 e. The Kier molecular flexibility index (Phi) is 2.92. The molecule has 2 aromatic heterocycles.